The van der Waals surface area contributed by atoms with Crippen LogP contribution in [0.2, 0.25) is 0 Å². The normalized spacial score (nSPS) is 12.1. The first-order valence-corrected chi connectivity index (χ1v) is 7.91. The quantitative estimate of drug-likeness (QED) is 0.381. The van der Waals surface area contributed by atoms with Gasteiger partial charge in [-0.1, -0.05) is 19.1 Å². The Morgan fingerprint density at radius 3 is 2.67 bits per heavy atom. The molecule has 0 heterocycles. The van der Waals surface area contributed by atoms with E-state index < -0.39 is 0 Å². The van der Waals surface area contributed by atoms with Crippen LogP contribution in [0.5, 0.6) is 0 Å². The maximum absolute atomic E-state index is 13.2. The van der Waals surface area contributed by atoms with E-state index in [1.54, 1.807) is 20.2 Å². The Hall–Kier alpha value is -1.38. The molecule has 0 aliphatic carbocycles. The lowest BCUT2D eigenvalue weighted by atomic mass is 10.1. The summed E-state index contributed by atoms with van der Waals surface area (Å²) in [6.45, 7) is 4.84. The van der Waals surface area contributed by atoms with E-state index in [0.29, 0.717) is 18.9 Å². The summed E-state index contributed by atoms with van der Waals surface area (Å²) in [4.78, 5) is 17.5. The Labute approximate surface area is 161 Å². The van der Waals surface area contributed by atoms with E-state index >= 15 is 0 Å². The van der Waals surface area contributed by atoms with Gasteiger partial charge in [-0.2, -0.15) is 0 Å². The van der Waals surface area contributed by atoms with Gasteiger partial charge in [0.2, 0.25) is 5.91 Å². The van der Waals surface area contributed by atoms with Gasteiger partial charge in [0.1, 0.15) is 12.4 Å². The van der Waals surface area contributed by atoms with Crippen molar-refractivity contribution in [3.63, 3.8) is 0 Å². The number of hydrogen-bond donors (Lipinski definition) is 2. The number of carbonyl (C=O) groups is 1. The van der Waals surface area contributed by atoms with Gasteiger partial charge in [0.25, 0.3) is 0 Å². The molecule has 1 aromatic rings. The number of nitrogens with zero attached hydrogens (tertiary/aromatic N) is 2. The smallest absolute Gasteiger partial charge is 0.243 e. The number of carbonyl (C=O) groups excluding carboxylic acids is 1. The lowest BCUT2D eigenvalue weighted by Crippen LogP contribution is -2.43. The molecule has 0 radical (unpaired) electrons. The fourth-order valence-electron chi connectivity index (χ4n) is 1.79. The molecule has 0 fully saturated rings. The van der Waals surface area contributed by atoms with Crippen LogP contribution in [0.1, 0.15) is 25.8 Å². The lowest BCUT2D eigenvalue weighted by Gasteiger charge is -2.17. The first-order valence-electron chi connectivity index (χ1n) is 7.91. The largest absolute Gasteiger partial charge is 0.356 e. The van der Waals surface area contributed by atoms with Crippen molar-refractivity contribution in [3.05, 3.63) is 35.6 Å². The zero-order valence-electron chi connectivity index (χ0n) is 14.8. The topological polar surface area (TPSA) is 56.7 Å². The van der Waals surface area contributed by atoms with E-state index in [1.807, 2.05) is 6.07 Å². The SMILES string of the molecule is CCC(C)NC(=NCC(=O)N(C)C)NCCc1cccc(F)c1.I. The van der Waals surface area contributed by atoms with Gasteiger partial charge in [0.15, 0.2) is 5.96 Å². The molecule has 0 spiro atoms. The number of rotatable bonds is 7. The predicted octanol–water partition coefficient (Wildman–Crippen LogP) is 2.41. The van der Waals surface area contributed by atoms with Crippen LogP contribution in [0.15, 0.2) is 29.3 Å². The van der Waals surface area contributed by atoms with Crippen molar-refractivity contribution < 1.29 is 9.18 Å². The van der Waals surface area contributed by atoms with Crippen molar-refractivity contribution in [1.29, 1.82) is 0 Å². The molecule has 0 aliphatic rings. The summed E-state index contributed by atoms with van der Waals surface area (Å²) >= 11 is 0. The fraction of sp³-hybridized carbons (Fsp3) is 0.529. The second-order valence-electron chi connectivity index (χ2n) is 5.71. The van der Waals surface area contributed by atoms with Crippen molar-refractivity contribution in [2.45, 2.75) is 32.7 Å². The van der Waals surface area contributed by atoms with Gasteiger partial charge in [-0.25, -0.2) is 9.38 Å². The second kappa shape index (κ2) is 12.0. The summed E-state index contributed by atoms with van der Waals surface area (Å²) in [7, 11) is 3.41. The van der Waals surface area contributed by atoms with E-state index in [1.165, 1.54) is 17.0 Å². The van der Waals surface area contributed by atoms with E-state index in [0.717, 1.165) is 12.0 Å². The van der Waals surface area contributed by atoms with Crippen LogP contribution in [-0.4, -0.2) is 50.0 Å². The predicted molar refractivity (Wildman–Crippen MR) is 107 cm³/mol. The van der Waals surface area contributed by atoms with Crippen LogP contribution in [0.25, 0.3) is 0 Å². The summed E-state index contributed by atoms with van der Waals surface area (Å²) in [5.74, 6) is 0.317. The van der Waals surface area contributed by atoms with Crippen LogP contribution in [-0.2, 0) is 11.2 Å². The molecule has 0 aliphatic heterocycles. The van der Waals surface area contributed by atoms with Gasteiger partial charge in [0, 0.05) is 26.7 Å². The highest BCUT2D eigenvalue weighted by Crippen LogP contribution is 2.03. The molecular weight excluding hydrogens is 422 g/mol. The highest BCUT2D eigenvalue weighted by Gasteiger charge is 2.07. The number of likely N-dealkylation sites (N-methyl/N-ethyl adjacent to an activating group) is 1. The molecule has 0 saturated carbocycles. The average molecular weight is 450 g/mol. The number of amides is 1. The maximum Gasteiger partial charge on any atom is 0.243 e. The zero-order valence-corrected chi connectivity index (χ0v) is 17.1. The third-order valence-corrected chi connectivity index (χ3v) is 3.46. The van der Waals surface area contributed by atoms with Crippen LogP contribution in [0.3, 0.4) is 0 Å². The average Bonchev–Trinajstić information content (AvgIpc) is 2.51. The summed E-state index contributed by atoms with van der Waals surface area (Å²) in [5.41, 5.74) is 0.921. The molecule has 1 atom stereocenters. The van der Waals surface area contributed by atoms with Crippen LogP contribution < -0.4 is 10.6 Å². The molecule has 5 nitrogen and oxygen atoms in total. The van der Waals surface area contributed by atoms with Gasteiger partial charge in [0.05, 0.1) is 0 Å². The zero-order chi connectivity index (χ0) is 17.2. The Morgan fingerprint density at radius 1 is 1.38 bits per heavy atom. The highest BCUT2D eigenvalue weighted by atomic mass is 127. The van der Waals surface area contributed by atoms with Crippen LogP contribution >= 0.6 is 24.0 Å². The number of halogens is 2. The summed E-state index contributed by atoms with van der Waals surface area (Å²) in [6.07, 6.45) is 1.63. The maximum atomic E-state index is 13.2. The molecule has 136 valence electrons. The van der Waals surface area contributed by atoms with Crippen molar-refractivity contribution in [2.75, 3.05) is 27.2 Å². The van der Waals surface area contributed by atoms with Crippen molar-refractivity contribution in [1.82, 2.24) is 15.5 Å². The molecule has 1 aromatic carbocycles. The molecule has 1 rings (SSSR count). The molecular formula is C17H28FIN4O. The minimum Gasteiger partial charge on any atom is -0.356 e. The van der Waals surface area contributed by atoms with Gasteiger partial charge < -0.3 is 15.5 Å². The van der Waals surface area contributed by atoms with E-state index in [9.17, 15) is 9.18 Å². The molecule has 2 N–H and O–H groups in total. The minimum absolute atomic E-state index is 0. The Bertz CT molecular complexity index is 537. The molecule has 7 heteroatoms. The third kappa shape index (κ3) is 9.05. The third-order valence-electron chi connectivity index (χ3n) is 3.46. The van der Waals surface area contributed by atoms with Crippen LogP contribution in [0.4, 0.5) is 4.39 Å². The van der Waals surface area contributed by atoms with Gasteiger partial charge >= 0.3 is 0 Å². The fourth-order valence-corrected chi connectivity index (χ4v) is 1.79. The van der Waals surface area contributed by atoms with E-state index in [-0.39, 0.29) is 48.3 Å². The Morgan fingerprint density at radius 2 is 2.08 bits per heavy atom. The van der Waals surface area contributed by atoms with E-state index in [2.05, 4.69) is 29.5 Å². The molecule has 1 unspecified atom stereocenters. The Kier molecular flexibility index (Phi) is 11.4. The molecule has 0 saturated heterocycles. The van der Waals surface area contributed by atoms with Crippen molar-refractivity contribution in [3.8, 4) is 0 Å². The number of hydrogen-bond acceptors (Lipinski definition) is 2. The number of benzene rings is 1. The van der Waals surface area contributed by atoms with Crippen molar-refractivity contribution in [2.24, 2.45) is 4.99 Å². The standard InChI is InChI=1S/C17H27FN4O.HI/c1-5-13(2)21-17(20-12-16(23)22(3)4)19-10-9-14-7-6-8-15(18)11-14;/h6-8,11,13H,5,9-10,12H2,1-4H3,(H2,19,20,21);1H. The molecule has 1 amide bonds. The number of guanidine groups is 1. The van der Waals surface area contributed by atoms with E-state index in [4.69, 9.17) is 0 Å². The first kappa shape index (κ1) is 22.6. The minimum atomic E-state index is -0.231. The monoisotopic (exact) mass is 450 g/mol. The van der Waals surface area contributed by atoms with Gasteiger partial charge in [-0.15, -0.1) is 24.0 Å². The first-order chi connectivity index (χ1) is 10.9. The molecule has 24 heavy (non-hydrogen) atoms. The molecule has 0 aromatic heterocycles. The Balaban J connectivity index is 0.00000529. The highest BCUT2D eigenvalue weighted by molar-refractivity contribution is 14.0. The number of nitrogens with one attached hydrogen (secondary N) is 2. The van der Waals surface area contributed by atoms with Crippen LogP contribution in [0, 0.1) is 5.82 Å². The van der Waals surface area contributed by atoms with Gasteiger partial charge in [-0.05, 0) is 37.5 Å². The van der Waals surface area contributed by atoms with Gasteiger partial charge in [-0.3, -0.25) is 4.79 Å². The number of aliphatic imine (C=N–C) groups is 1. The van der Waals surface area contributed by atoms with Crippen molar-refractivity contribution >= 4 is 35.8 Å². The molecule has 0 bridgehead atoms. The lowest BCUT2D eigenvalue weighted by molar-refractivity contribution is -0.127. The second-order valence-corrected chi connectivity index (χ2v) is 5.71. The summed E-state index contributed by atoms with van der Waals surface area (Å²) < 4.78 is 13.2. The summed E-state index contributed by atoms with van der Waals surface area (Å²) in [5, 5.41) is 6.45. The summed E-state index contributed by atoms with van der Waals surface area (Å²) in [6, 6.07) is 6.80.